The summed E-state index contributed by atoms with van der Waals surface area (Å²) in [5.41, 5.74) is 0. The number of amides is 2. The molecule has 0 aromatic rings. The molecule has 2 amide bonds. The third-order valence-electron chi connectivity index (χ3n) is 4.33. The van der Waals surface area contributed by atoms with Crippen LogP contribution in [0.3, 0.4) is 0 Å². The van der Waals surface area contributed by atoms with Gasteiger partial charge in [0, 0.05) is 6.04 Å². The highest BCUT2D eigenvalue weighted by Crippen LogP contribution is 2.31. The Balaban J connectivity index is 2.24. The Morgan fingerprint density at radius 2 is 1.89 bits per heavy atom. The lowest BCUT2D eigenvalue weighted by atomic mass is 9.82. The van der Waals surface area contributed by atoms with E-state index < -0.39 is 0 Å². The number of carbonyl (C=O) groups is 2. The van der Waals surface area contributed by atoms with Gasteiger partial charge < -0.3 is 10.2 Å². The van der Waals surface area contributed by atoms with Gasteiger partial charge in [0.2, 0.25) is 11.8 Å². The van der Waals surface area contributed by atoms with Crippen LogP contribution in [-0.2, 0) is 9.59 Å². The zero-order valence-electron chi connectivity index (χ0n) is 11.6. The summed E-state index contributed by atoms with van der Waals surface area (Å²) in [5, 5.41) is 2.72. The summed E-state index contributed by atoms with van der Waals surface area (Å²) in [6, 6.07) is -0.0264. The number of rotatable bonds is 2. The van der Waals surface area contributed by atoms with Crippen molar-refractivity contribution in [3.63, 3.8) is 0 Å². The first-order chi connectivity index (χ1) is 8.52. The van der Waals surface area contributed by atoms with Gasteiger partial charge in [-0.05, 0) is 24.7 Å². The molecule has 3 atom stereocenters. The molecule has 102 valence electrons. The van der Waals surface area contributed by atoms with E-state index in [-0.39, 0.29) is 36.4 Å². The van der Waals surface area contributed by atoms with Gasteiger partial charge in [-0.15, -0.1) is 0 Å². The third-order valence-corrected chi connectivity index (χ3v) is 4.33. The van der Waals surface area contributed by atoms with Crippen molar-refractivity contribution in [3.05, 3.63) is 0 Å². The minimum absolute atomic E-state index is 0.0161. The van der Waals surface area contributed by atoms with E-state index in [1.807, 2.05) is 18.7 Å². The molecule has 1 N–H and O–H groups in total. The van der Waals surface area contributed by atoms with Gasteiger partial charge >= 0.3 is 0 Å². The Kier molecular flexibility index (Phi) is 3.93. The molecule has 3 unspecified atom stereocenters. The number of hydrogen-bond acceptors (Lipinski definition) is 2. The van der Waals surface area contributed by atoms with E-state index in [2.05, 4.69) is 12.2 Å². The van der Waals surface area contributed by atoms with Crippen molar-refractivity contribution in [2.24, 2.45) is 11.8 Å². The Hall–Kier alpha value is -1.06. The van der Waals surface area contributed by atoms with Gasteiger partial charge in [-0.25, -0.2) is 0 Å². The minimum Gasteiger partial charge on any atom is -0.345 e. The number of piperazine rings is 1. The van der Waals surface area contributed by atoms with E-state index in [1.165, 1.54) is 19.3 Å². The lowest BCUT2D eigenvalue weighted by molar-refractivity contribution is -0.152. The predicted molar refractivity (Wildman–Crippen MR) is 69.9 cm³/mol. The zero-order valence-corrected chi connectivity index (χ0v) is 11.6. The van der Waals surface area contributed by atoms with Crippen LogP contribution < -0.4 is 5.32 Å². The molecule has 1 saturated carbocycles. The molecule has 0 aromatic carbocycles. The number of nitrogens with zero attached hydrogens (tertiary/aromatic N) is 1. The predicted octanol–water partition coefficient (Wildman–Crippen LogP) is 1.55. The molecule has 0 aromatic heterocycles. The van der Waals surface area contributed by atoms with Crippen molar-refractivity contribution >= 4 is 11.8 Å². The molecule has 2 fully saturated rings. The second kappa shape index (κ2) is 5.29. The molecule has 1 heterocycles. The van der Waals surface area contributed by atoms with Gasteiger partial charge in [0.15, 0.2) is 0 Å². The Morgan fingerprint density at radius 3 is 2.50 bits per heavy atom. The quantitative estimate of drug-likeness (QED) is 0.810. The van der Waals surface area contributed by atoms with Crippen molar-refractivity contribution in [3.8, 4) is 0 Å². The molecule has 2 aliphatic rings. The first-order valence-electron chi connectivity index (χ1n) is 7.11. The largest absolute Gasteiger partial charge is 0.345 e. The Morgan fingerprint density at radius 1 is 1.22 bits per heavy atom. The molecule has 0 bridgehead atoms. The van der Waals surface area contributed by atoms with E-state index in [0.717, 1.165) is 6.42 Å². The summed E-state index contributed by atoms with van der Waals surface area (Å²) in [5.74, 6) is 0.785. The fraction of sp³-hybridized carbons (Fsp3) is 0.857. The molecular weight excluding hydrogens is 228 g/mol. The van der Waals surface area contributed by atoms with Gasteiger partial charge in [0.1, 0.15) is 6.04 Å². The summed E-state index contributed by atoms with van der Waals surface area (Å²) < 4.78 is 0. The van der Waals surface area contributed by atoms with E-state index in [4.69, 9.17) is 0 Å². The molecular formula is C14H24N2O2. The van der Waals surface area contributed by atoms with Gasteiger partial charge in [-0.2, -0.15) is 0 Å². The maximum Gasteiger partial charge on any atom is 0.243 e. The van der Waals surface area contributed by atoms with Gasteiger partial charge in [-0.1, -0.05) is 33.6 Å². The van der Waals surface area contributed by atoms with Gasteiger partial charge in [0.05, 0.1) is 6.54 Å². The fourth-order valence-corrected chi connectivity index (χ4v) is 3.37. The molecule has 1 aliphatic carbocycles. The van der Waals surface area contributed by atoms with Crippen LogP contribution in [0.4, 0.5) is 0 Å². The second-order valence-corrected chi connectivity index (χ2v) is 6.04. The lowest BCUT2D eigenvalue weighted by Gasteiger charge is -2.46. The lowest BCUT2D eigenvalue weighted by Crippen LogP contribution is -2.64. The summed E-state index contributed by atoms with van der Waals surface area (Å²) in [6.07, 6.45) is 4.63. The van der Waals surface area contributed by atoms with Crippen molar-refractivity contribution < 1.29 is 9.59 Å². The number of hydrogen-bond donors (Lipinski definition) is 1. The van der Waals surface area contributed by atoms with Crippen LogP contribution in [0.25, 0.3) is 0 Å². The molecule has 4 heteroatoms. The number of nitrogens with one attached hydrogen (secondary N) is 1. The second-order valence-electron chi connectivity index (χ2n) is 6.04. The highest BCUT2D eigenvalue weighted by molar-refractivity contribution is 5.95. The van der Waals surface area contributed by atoms with Crippen LogP contribution in [0, 0.1) is 11.8 Å². The van der Waals surface area contributed by atoms with Crippen LogP contribution in [0.1, 0.15) is 46.5 Å². The third kappa shape index (κ3) is 2.38. The van der Waals surface area contributed by atoms with Crippen LogP contribution in [0.5, 0.6) is 0 Å². The van der Waals surface area contributed by atoms with Crippen molar-refractivity contribution in [1.82, 2.24) is 10.2 Å². The first-order valence-corrected chi connectivity index (χ1v) is 7.11. The molecule has 2 rings (SSSR count). The van der Waals surface area contributed by atoms with Crippen molar-refractivity contribution in [1.29, 1.82) is 0 Å². The first kappa shape index (κ1) is 13.4. The van der Waals surface area contributed by atoms with E-state index in [0.29, 0.717) is 5.92 Å². The van der Waals surface area contributed by atoms with Crippen molar-refractivity contribution in [2.75, 3.05) is 6.54 Å². The Bertz CT molecular complexity index is 341. The maximum absolute atomic E-state index is 12.2. The average Bonchev–Trinajstić information content (AvgIpc) is 2.32. The molecule has 18 heavy (non-hydrogen) atoms. The van der Waals surface area contributed by atoms with E-state index in [1.54, 1.807) is 0 Å². The minimum atomic E-state index is -0.281. The Labute approximate surface area is 109 Å². The molecule has 4 nitrogen and oxygen atoms in total. The monoisotopic (exact) mass is 252 g/mol. The highest BCUT2D eigenvalue weighted by atomic mass is 16.2. The highest BCUT2D eigenvalue weighted by Gasteiger charge is 2.42. The SMILES string of the molecule is CC(C)C1C(=O)NCC(=O)N1C1CCCCC1C. The zero-order chi connectivity index (χ0) is 13.3. The smallest absolute Gasteiger partial charge is 0.243 e. The summed E-state index contributed by atoms with van der Waals surface area (Å²) in [7, 11) is 0. The van der Waals surface area contributed by atoms with Crippen LogP contribution in [-0.4, -0.2) is 35.3 Å². The van der Waals surface area contributed by atoms with Gasteiger partial charge in [0.25, 0.3) is 0 Å². The normalized spacial score (nSPS) is 33.8. The summed E-state index contributed by atoms with van der Waals surface area (Å²) >= 11 is 0. The summed E-state index contributed by atoms with van der Waals surface area (Å²) in [4.78, 5) is 26.1. The van der Waals surface area contributed by atoms with Crippen LogP contribution in [0.2, 0.25) is 0 Å². The maximum atomic E-state index is 12.2. The average molecular weight is 252 g/mol. The topological polar surface area (TPSA) is 49.4 Å². The molecule has 1 aliphatic heterocycles. The fourth-order valence-electron chi connectivity index (χ4n) is 3.37. The van der Waals surface area contributed by atoms with Crippen molar-refractivity contribution in [2.45, 2.75) is 58.5 Å². The molecule has 0 radical (unpaired) electrons. The van der Waals surface area contributed by atoms with Crippen LogP contribution >= 0.6 is 0 Å². The van der Waals surface area contributed by atoms with Crippen LogP contribution in [0.15, 0.2) is 0 Å². The molecule has 0 spiro atoms. The van der Waals surface area contributed by atoms with Gasteiger partial charge in [-0.3, -0.25) is 9.59 Å². The van der Waals surface area contributed by atoms with E-state index >= 15 is 0 Å². The standard InChI is InChI=1S/C14H24N2O2/c1-9(2)13-14(18)15-8-12(17)16(13)11-7-5-4-6-10(11)3/h9-11,13H,4-8H2,1-3H3,(H,15,18). The van der Waals surface area contributed by atoms with E-state index in [9.17, 15) is 9.59 Å². The number of carbonyl (C=O) groups excluding carboxylic acids is 2. The summed E-state index contributed by atoms with van der Waals surface area (Å²) in [6.45, 7) is 6.42. The molecule has 1 saturated heterocycles.